The molecule has 0 fully saturated rings. The van der Waals surface area contributed by atoms with Crippen molar-refractivity contribution >= 4 is 23.9 Å². The molecule has 0 heterocycles. The zero-order valence-electron chi connectivity index (χ0n) is 23.4. The summed E-state index contributed by atoms with van der Waals surface area (Å²) in [7, 11) is 1.51. The molecule has 0 atom stereocenters. The molecule has 0 aromatic heterocycles. The Kier molecular flexibility index (Phi) is 10.8. The van der Waals surface area contributed by atoms with E-state index in [1.807, 2.05) is 0 Å². The average Bonchev–Trinajstić information content (AvgIpc) is 3.05. The van der Waals surface area contributed by atoms with Gasteiger partial charge in [-0.1, -0.05) is 6.58 Å². The molecule has 44 heavy (non-hydrogen) atoms. The number of carbonyl (C=O) groups is 4. The van der Waals surface area contributed by atoms with Crippen LogP contribution in [0.3, 0.4) is 0 Å². The van der Waals surface area contributed by atoms with Crippen molar-refractivity contribution in [3.8, 4) is 28.7 Å². The molecule has 0 saturated carbocycles. The van der Waals surface area contributed by atoms with Crippen LogP contribution in [0.4, 0.5) is 0 Å². The lowest BCUT2D eigenvalue weighted by Crippen LogP contribution is -2.11. The molecule has 0 aliphatic carbocycles. The minimum atomic E-state index is -0.641. The molecule has 4 aromatic carbocycles. The van der Waals surface area contributed by atoms with Crippen LogP contribution in [0, 0.1) is 0 Å². The highest BCUT2D eigenvalue weighted by Gasteiger charge is 2.13. The van der Waals surface area contributed by atoms with Crippen molar-refractivity contribution in [3.63, 3.8) is 0 Å². The molecule has 4 aromatic rings. The maximum atomic E-state index is 12.6. The van der Waals surface area contributed by atoms with Gasteiger partial charge in [0.2, 0.25) is 6.79 Å². The van der Waals surface area contributed by atoms with E-state index in [0.29, 0.717) is 17.1 Å². The molecule has 0 radical (unpaired) electrons. The molecule has 224 valence electrons. The average molecular weight is 599 g/mol. The molecule has 0 bridgehead atoms. The fraction of sp³-hybridized carbons (Fsp3) is 0.0909. The molecule has 0 N–H and O–H groups in total. The van der Waals surface area contributed by atoms with E-state index in [9.17, 15) is 19.2 Å². The fourth-order valence-corrected chi connectivity index (χ4v) is 3.45. The van der Waals surface area contributed by atoms with Crippen LogP contribution in [0.5, 0.6) is 28.7 Å². The quantitative estimate of drug-likeness (QED) is 0.0849. The van der Waals surface area contributed by atoms with Crippen LogP contribution in [-0.2, 0) is 14.3 Å². The van der Waals surface area contributed by atoms with Gasteiger partial charge in [-0.05, 0) is 97.1 Å². The van der Waals surface area contributed by atoms with Gasteiger partial charge in [0.1, 0.15) is 28.7 Å². The van der Waals surface area contributed by atoms with Gasteiger partial charge < -0.3 is 33.2 Å². The highest BCUT2D eigenvalue weighted by atomic mass is 16.7. The highest BCUT2D eigenvalue weighted by molar-refractivity contribution is 5.93. The number of esters is 4. The molecule has 0 saturated heterocycles. The number of rotatable bonds is 13. The van der Waals surface area contributed by atoms with Crippen LogP contribution < -0.4 is 23.7 Å². The van der Waals surface area contributed by atoms with E-state index < -0.39 is 23.9 Å². The predicted molar refractivity (Wildman–Crippen MR) is 155 cm³/mol. The van der Waals surface area contributed by atoms with Crippen LogP contribution in [0.25, 0.3) is 0 Å². The maximum Gasteiger partial charge on any atom is 0.343 e. The summed E-state index contributed by atoms with van der Waals surface area (Å²) in [6.07, 6.45) is 1.02. The number of hydrogen-bond acceptors (Lipinski definition) is 11. The minimum absolute atomic E-state index is 0.0930. The van der Waals surface area contributed by atoms with Crippen LogP contribution in [-0.4, -0.2) is 44.6 Å². The standard InChI is InChI=1S/C33H26O11/c1-3-30(34)41-21-40-26-12-6-23(7-13-26)31(35)42-27-14-8-24(9-15-27)33(37)44-29-18-16-28(17-19-29)43-32(36)22-4-10-25(11-5-22)39-20-38-2/h3-19H,1,20-21H2,2H3. The molecule has 11 nitrogen and oxygen atoms in total. The van der Waals surface area contributed by atoms with Gasteiger partial charge in [-0.25, -0.2) is 19.2 Å². The SMILES string of the molecule is C=CC(=O)OCOc1ccc(C(=O)Oc2ccc(C(=O)Oc3ccc(OC(=O)c4ccc(OCOC)cc4)cc3)cc2)cc1. The van der Waals surface area contributed by atoms with Gasteiger partial charge in [-0.3, -0.25) is 0 Å². The maximum absolute atomic E-state index is 12.6. The normalized spacial score (nSPS) is 10.2. The zero-order chi connectivity index (χ0) is 31.3. The first-order chi connectivity index (χ1) is 21.3. The Morgan fingerprint density at radius 2 is 0.841 bits per heavy atom. The van der Waals surface area contributed by atoms with Crippen molar-refractivity contribution in [2.24, 2.45) is 0 Å². The summed E-state index contributed by atoms with van der Waals surface area (Å²) in [6.45, 7) is 3.08. The van der Waals surface area contributed by atoms with E-state index in [4.69, 9.17) is 33.2 Å². The van der Waals surface area contributed by atoms with E-state index in [1.165, 1.54) is 79.9 Å². The minimum Gasteiger partial charge on any atom is -0.468 e. The second-order valence-electron chi connectivity index (χ2n) is 8.69. The first-order valence-electron chi connectivity index (χ1n) is 12.9. The molecule has 11 heteroatoms. The van der Waals surface area contributed by atoms with Crippen LogP contribution in [0.2, 0.25) is 0 Å². The van der Waals surface area contributed by atoms with E-state index in [0.717, 1.165) is 6.08 Å². The number of carbonyl (C=O) groups excluding carboxylic acids is 4. The van der Waals surface area contributed by atoms with E-state index in [2.05, 4.69) is 6.58 Å². The Morgan fingerprint density at radius 1 is 0.523 bits per heavy atom. The summed E-state index contributed by atoms with van der Waals surface area (Å²) < 4.78 is 36.2. The molecule has 0 amide bonds. The number of hydrogen-bond donors (Lipinski definition) is 0. The molecular weight excluding hydrogens is 572 g/mol. The third-order valence-corrected chi connectivity index (χ3v) is 5.66. The van der Waals surface area contributed by atoms with Crippen LogP contribution in [0.1, 0.15) is 31.1 Å². The van der Waals surface area contributed by atoms with Gasteiger partial charge in [0, 0.05) is 13.2 Å². The first-order valence-corrected chi connectivity index (χ1v) is 12.9. The van der Waals surface area contributed by atoms with Gasteiger partial charge in [-0.2, -0.15) is 0 Å². The molecule has 0 spiro atoms. The second kappa shape index (κ2) is 15.3. The summed E-state index contributed by atoms with van der Waals surface area (Å²) >= 11 is 0. The van der Waals surface area contributed by atoms with Crippen molar-refractivity contribution < 1.29 is 52.3 Å². The van der Waals surface area contributed by atoms with Gasteiger partial charge in [0.05, 0.1) is 16.7 Å². The number of methoxy groups -OCH3 is 1. The lowest BCUT2D eigenvalue weighted by atomic mass is 10.2. The first kappa shape index (κ1) is 31.0. The predicted octanol–water partition coefficient (Wildman–Crippen LogP) is 5.39. The highest BCUT2D eigenvalue weighted by Crippen LogP contribution is 2.22. The second-order valence-corrected chi connectivity index (χ2v) is 8.69. The topological polar surface area (TPSA) is 133 Å². The summed E-state index contributed by atoms with van der Waals surface area (Å²) in [5, 5.41) is 0. The third kappa shape index (κ3) is 9.03. The lowest BCUT2D eigenvalue weighted by Gasteiger charge is -2.09. The Labute approximate surface area is 252 Å². The monoisotopic (exact) mass is 598 g/mol. The molecule has 0 aliphatic rings. The van der Waals surface area contributed by atoms with Gasteiger partial charge in [0.15, 0.2) is 6.79 Å². The van der Waals surface area contributed by atoms with Gasteiger partial charge in [-0.15, -0.1) is 0 Å². The van der Waals surface area contributed by atoms with Gasteiger partial charge in [0.25, 0.3) is 0 Å². The van der Waals surface area contributed by atoms with Crippen molar-refractivity contribution in [2.45, 2.75) is 0 Å². The summed E-state index contributed by atoms with van der Waals surface area (Å²) in [5.74, 6) is -0.814. The lowest BCUT2D eigenvalue weighted by molar-refractivity contribution is -0.144. The smallest absolute Gasteiger partial charge is 0.343 e. The molecule has 4 rings (SSSR count). The Bertz CT molecular complexity index is 1590. The molecule has 0 aliphatic heterocycles. The molecule has 0 unspecified atom stereocenters. The van der Waals surface area contributed by atoms with Crippen LogP contribution in [0.15, 0.2) is 110 Å². The Balaban J connectivity index is 1.25. The summed E-state index contributed by atoms with van der Waals surface area (Å²) in [6, 6.07) is 24.2. The fourth-order valence-electron chi connectivity index (χ4n) is 3.45. The Morgan fingerprint density at radius 3 is 1.18 bits per heavy atom. The summed E-state index contributed by atoms with van der Waals surface area (Å²) in [5.41, 5.74) is 0.799. The van der Waals surface area contributed by atoms with Crippen molar-refractivity contribution in [1.82, 2.24) is 0 Å². The Hall–Kier alpha value is -5.94. The van der Waals surface area contributed by atoms with Crippen LogP contribution >= 0.6 is 0 Å². The third-order valence-electron chi connectivity index (χ3n) is 5.66. The van der Waals surface area contributed by atoms with Crippen molar-refractivity contribution in [2.75, 3.05) is 20.7 Å². The van der Waals surface area contributed by atoms with E-state index in [1.54, 1.807) is 24.3 Å². The van der Waals surface area contributed by atoms with Crippen molar-refractivity contribution in [1.29, 1.82) is 0 Å². The zero-order valence-corrected chi connectivity index (χ0v) is 23.4. The summed E-state index contributed by atoms with van der Waals surface area (Å²) in [4.78, 5) is 48.5. The van der Waals surface area contributed by atoms with Crippen molar-refractivity contribution in [3.05, 3.63) is 126 Å². The van der Waals surface area contributed by atoms with E-state index >= 15 is 0 Å². The largest absolute Gasteiger partial charge is 0.468 e. The number of benzene rings is 4. The van der Waals surface area contributed by atoms with E-state index in [-0.39, 0.29) is 42.0 Å². The molecular formula is C33H26O11. The number of ether oxygens (including phenoxy) is 7. The van der Waals surface area contributed by atoms with Gasteiger partial charge >= 0.3 is 23.9 Å².